The van der Waals surface area contributed by atoms with Crippen LogP contribution in [0.2, 0.25) is 10.0 Å². The minimum absolute atomic E-state index is 0.184. The minimum Gasteiger partial charge on any atom is -0.389 e. The number of carbonyl (C=O) groups is 1. The van der Waals surface area contributed by atoms with Gasteiger partial charge in [0.1, 0.15) is 0 Å². The predicted octanol–water partition coefficient (Wildman–Crippen LogP) is 3.56. The van der Waals surface area contributed by atoms with Crippen molar-refractivity contribution in [1.29, 1.82) is 0 Å². The van der Waals surface area contributed by atoms with Gasteiger partial charge in [-0.3, -0.25) is 4.98 Å². The van der Waals surface area contributed by atoms with Gasteiger partial charge in [0.15, 0.2) is 0 Å². The van der Waals surface area contributed by atoms with Crippen LogP contribution in [0.25, 0.3) is 5.57 Å². The number of aliphatic hydroxyl groups is 2. The fourth-order valence-corrected chi connectivity index (χ4v) is 4.22. The van der Waals surface area contributed by atoms with E-state index in [1.807, 2.05) is 30.0 Å². The van der Waals surface area contributed by atoms with Crippen LogP contribution in [0.4, 0.5) is 16.2 Å². The summed E-state index contributed by atoms with van der Waals surface area (Å²) in [5, 5.41) is 23.5. The number of β-amino-alcohol motifs (C(OH)–C–C–N with tert-alkyl or cyclic N) is 2. The van der Waals surface area contributed by atoms with E-state index in [0.717, 1.165) is 16.8 Å². The lowest BCUT2D eigenvalue weighted by Gasteiger charge is -2.27. The highest BCUT2D eigenvalue weighted by molar-refractivity contribution is 6.32. The van der Waals surface area contributed by atoms with Gasteiger partial charge in [0.2, 0.25) is 0 Å². The Hall–Kier alpha value is -2.32. The summed E-state index contributed by atoms with van der Waals surface area (Å²) in [6.07, 6.45) is 2.75. The van der Waals surface area contributed by atoms with Gasteiger partial charge in [-0.2, -0.15) is 0 Å². The fourth-order valence-electron chi connectivity index (χ4n) is 3.76. The number of hydrogen-bond donors (Lipinski definition) is 3. The van der Waals surface area contributed by atoms with Crippen molar-refractivity contribution >= 4 is 46.2 Å². The lowest BCUT2D eigenvalue weighted by atomic mass is 10.0. The number of carbonyl (C=O) groups excluding carboxylic acids is 1. The summed E-state index contributed by atoms with van der Waals surface area (Å²) in [6, 6.07) is 7.05. The second kappa shape index (κ2) is 9.04. The van der Waals surface area contributed by atoms with Crippen molar-refractivity contribution in [2.45, 2.75) is 25.6 Å². The number of nitrogens with one attached hydrogen (secondary N) is 1. The van der Waals surface area contributed by atoms with Gasteiger partial charge in [0.25, 0.3) is 0 Å². The first-order valence-electron chi connectivity index (χ1n) is 10.1. The van der Waals surface area contributed by atoms with Crippen molar-refractivity contribution < 1.29 is 15.0 Å². The maximum atomic E-state index is 12.6. The van der Waals surface area contributed by atoms with Crippen LogP contribution >= 0.6 is 23.2 Å². The molecule has 7 nitrogen and oxygen atoms in total. The zero-order chi connectivity index (χ0) is 22.1. The Balaban J connectivity index is 1.40. The Labute approximate surface area is 190 Å². The molecule has 2 atom stereocenters. The molecule has 0 unspecified atom stereocenters. The molecule has 0 radical (unpaired) electrons. The number of hydrogen-bond acceptors (Lipinski definition) is 5. The zero-order valence-corrected chi connectivity index (χ0v) is 18.6. The highest BCUT2D eigenvalue weighted by Gasteiger charge is 2.30. The monoisotopic (exact) mass is 462 g/mol. The molecule has 31 heavy (non-hydrogen) atoms. The molecule has 0 spiro atoms. The van der Waals surface area contributed by atoms with Crippen LogP contribution in [0.3, 0.4) is 0 Å². The molecule has 0 saturated carbocycles. The number of anilines is 2. The molecule has 2 aliphatic heterocycles. The normalized spacial score (nSPS) is 21.3. The maximum absolute atomic E-state index is 12.6. The van der Waals surface area contributed by atoms with Gasteiger partial charge < -0.3 is 25.3 Å². The van der Waals surface area contributed by atoms with Crippen molar-refractivity contribution in [2.24, 2.45) is 0 Å². The molecule has 0 aliphatic carbocycles. The standard InChI is InChI=1S/C22H24Cl2N4O3/c1-13-2-3-15(8-17(13)23)26-22(31)27-6-4-14(5-7-27)21-18(24)9-16(10-25-21)28-11-19(29)20(30)12-28/h2-4,8-10,19-20,29-30H,5-7,11-12H2,1H3,(H,26,31)/t19-,20+. The summed E-state index contributed by atoms with van der Waals surface area (Å²) in [4.78, 5) is 20.7. The van der Waals surface area contributed by atoms with E-state index >= 15 is 0 Å². The van der Waals surface area contributed by atoms with Crippen LogP contribution < -0.4 is 10.2 Å². The van der Waals surface area contributed by atoms with Crippen LogP contribution in [0.5, 0.6) is 0 Å². The number of rotatable bonds is 3. The molecule has 1 fully saturated rings. The van der Waals surface area contributed by atoms with E-state index in [2.05, 4.69) is 10.3 Å². The number of aryl methyl sites for hydroxylation is 1. The van der Waals surface area contributed by atoms with Gasteiger partial charge in [-0.25, -0.2) is 4.79 Å². The quantitative estimate of drug-likeness (QED) is 0.648. The minimum atomic E-state index is -0.771. The molecule has 164 valence electrons. The molecule has 3 N–H and O–H groups in total. The van der Waals surface area contributed by atoms with Crippen LogP contribution in [-0.4, -0.2) is 64.5 Å². The summed E-state index contributed by atoms with van der Waals surface area (Å²) in [6.45, 7) is 3.59. The SMILES string of the molecule is Cc1ccc(NC(=O)N2CC=C(c3ncc(N4C[C@@H](O)[C@@H](O)C4)cc3Cl)CC2)cc1Cl. The van der Waals surface area contributed by atoms with E-state index in [0.29, 0.717) is 54.0 Å². The van der Waals surface area contributed by atoms with E-state index in [1.165, 1.54) is 0 Å². The van der Waals surface area contributed by atoms with Crippen LogP contribution in [-0.2, 0) is 0 Å². The molecule has 1 aromatic carbocycles. The highest BCUT2D eigenvalue weighted by atomic mass is 35.5. The van der Waals surface area contributed by atoms with Gasteiger partial charge >= 0.3 is 6.03 Å². The van der Waals surface area contributed by atoms with Gasteiger partial charge in [-0.1, -0.05) is 35.3 Å². The van der Waals surface area contributed by atoms with Crippen molar-refractivity contribution in [3.63, 3.8) is 0 Å². The highest BCUT2D eigenvalue weighted by Crippen LogP contribution is 2.31. The Morgan fingerprint density at radius 2 is 1.90 bits per heavy atom. The Bertz CT molecular complexity index is 1020. The van der Waals surface area contributed by atoms with E-state index in [9.17, 15) is 15.0 Å². The van der Waals surface area contributed by atoms with Crippen LogP contribution in [0, 0.1) is 6.92 Å². The zero-order valence-electron chi connectivity index (χ0n) is 17.1. The van der Waals surface area contributed by atoms with Crippen LogP contribution in [0.15, 0.2) is 36.5 Å². The molecular formula is C22H24Cl2N4O3. The van der Waals surface area contributed by atoms with E-state index < -0.39 is 12.2 Å². The third-order valence-electron chi connectivity index (χ3n) is 5.67. The lowest BCUT2D eigenvalue weighted by molar-refractivity contribution is 0.0572. The number of urea groups is 1. The summed E-state index contributed by atoms with van der Waals surface area (Å²) < 4.78 is 0. The van der Waals surface area contributed by atoms with Crippen molar-refractivity contribution in [3.8, 4) is 0 Å². The Morgan fingerprint density at radius 3 is 2.52 bits per heavy atom. The molecule has 2 aromatic rings. The van der Waals surface area contributed by atoms with Crippen molar-refractivity contribution in [3.05, 3.63) is 57.8 Å². The Kier molecular flexibility index (Phi) is 6.39. The van der Waals surface area contributed by atoms with Crippen molar-refractivity contribution in [1.82, 2.24) is 9.88 Å². The topological polar surface area (TPSA) is 88.9 Å². The first kappa shape index (κ1) is 21.9. The molecule has 1 saturated heterocycles. The molecule has 1 aromatic heterocycles. The molecule has 2 amide bonds. The largest absolute Gasteiger partial charge is 0.389 e. The van der Waals surface area contributed by atoms with E-state index in [4.69, 9.17) is 23.2 Å². The molecular weight excluding hydrogens is 439 g/mol. The smallest absolute Gasteiger partial charge is 0.322 e. The molecule has 3 heterocycles. The Morgan fingerprint density at radius 1 is 1.16 bits per heavy atom. The number of aromatic nitrogens is 1. The number of aliphatic hydroxyl groups excluding tert-OH is 2. The average molecular weight is 463 g/mol. The summed E-state index contributed by atoms with van der Waals surface area (Å²) in [7, 11) is 0. The van der Waals surface area contributed by atoms with Gasteiger partial charge in [-0.05, 0) is 42.7 Å². The fraction of sp³-hybridized carbons (Fsp3) is 0.364. The van der Waals surface area contributed by atoms with Gasteiger partial charge in [0, 0.05) is 36.9 Å². The molecule has 9 heteroatoms. The van der Waals surface area contributed by atoms with Gasteiger partial charge in [0.05, 0.1) is 34.8 Å². The molecule has 4 rings (SSSR count). The molecule has 0 bridgehead atoms. The first-order valence-corrected chi connectivity index (χ1v) is 10.9. The third-order valence-corrected chi connectivity index (χ3v) is 6.37. The average Bonchev–Trinajstić information content (AvgIpc) is 3.09. The molecule has 2 aliphatic rings. The number of pyridine rings is 1. The first-order chi connectivity index (χ1) is 14.8. The maximum Gasteiger partial charge on any atom is 0.322 e. The predicted molar refractivity (Wildman–Crippen MR) is 123 cm³/mol. The van der Waals surface area contributed by atoms with Gasteiger partial charge in [-0.15, -0.1) is 0 Å². The summed E-state index contributed by atoms with van der Waals surface area (Å²) in [5.74, 6) is 0. The third kappa shape index (κ3) is 4.80. The second-order valence-corrected chi connectivity index (χ2v) is 8.70. The van der Waals surface area contributed by atoms with Crippen molar-refractivity contribution in [2.75, 3.05) is 36.4 Å². The van der Waals surface area contributed by atoms with Crippen LogP contribution in [0.1, 0.15) is 17.7 Å². The number of halogens is 2. The number of amides is 2. The van der Waals surface area contributed by atoms with E-state index in [1.54, 1.807) is 23.2 Å². The summed E-state index contributed by atoms with van der Waals surface area (Å²) >= 11 is 12.6. The lowest BCUT2D eigenvalue weighted by Crippen LogP contribution is -2.38. The second-order valence-electron chi connectivity index (χ2n) is 7.88. The summed E-state index contributed by atoms with van der Waals surface area (Å²) in [5.41, 5.74) is 4.06. The number of nitrogens with zero attached hydrogens (tertiary/aromatic N) is 3. The number of benzene rings is 1. The van der Waals surface area contributed by atoms with E-state index in [-0.39, 0.29) is 6.03 Å².